The van der Waals surface area contributed by atoms with Crippen LogP contribution in [0.2, 0.25) is 0 Å². The lowest BCUT2D eigenvalue weighted by Gasteiger charge is -2.25. The molecule has 0 aromatic heterocycles. The Morgan fingerprint density at radius 1 is 1.22 bits per heavy atom. The van der Waals surface area contributed by atoms with Crippen LogP contribution in [0.1, 0.15) is 45.2 Å². The van der Waals surface area contributed by atoms with Gasteiger partial charge in [0.1, 0.15) is 5.75 Å². The molecule has 1 aromatic carbocycles. The Balaban J connectivity index is 2.05. The molecule has 1 aliphatic carbocycles. The molecule has 1 aliphatic rings. The lowest BCUT2D eigenvalue weighted by molar-refractivity contribution is 0.340. The lowest BCUT2D eigenvalue weighted by atomic mass is 9.96. The number of benzene rings is 1. The molecule has 1 fully saturated rings. The van der Waals surface area contributed by atoms with Gasteiger partial charge in [0, 0.05) is 17.6 Å². The molecular weight excluding hydrogens is 222 g/mol. The van der Waals surface area contributed by atoms with Crippen molar-refractivity contribution in [3.63, 3.8) is 0 Å². The number of nitrogens with one attached hydrogen (secondary N) is 1. The zero-order valence-electron chi connectivity index (χ0n) is 11.9. The van der Waals surface area contributed by atoms with Crippen LogP contribution in [0.5, 0.6) is 5.75 Å². The number of rotatable bonds is 4. The first-order valence-electron chi connectivity index (χ1n) is 7.02. The Labute approximate surface area is 111 Å². The summed E-state index contributed by atoms with van der Waals surface area (Å²) in [6, 6.07) is 9.28. The molecule has 100 valence electrons. The molecule has 0 radical (unpaired) electrons. The average Bonchev–Trinajstić information content (AvgIpc) is 2.70. The summed E-state index contributed by atoms with van der Waals surface area (Å²) in [5.41, 5.74) is 1.26. The average molecular weight is 247 g/mol. The van der Waals surface area contributed by atoms with Crippen LogP contribution in [0.3, 0.4) is 0 Å². The van der Waals surface area contributed by atoms with Gasteiger partial charge in [-0.3, -0.25) is 0 Å². The highest BCUT2D eigenvalue weighted by Crippen LogP contribution is 2.33. The number of ether oxygens (including phenoxy) is 1. The summed E-state index contributed by atoms with van der Waals surface area (Å²) in [5.74, 6) is 2.59. The summed E-state index contributed by atoms with van der Waals surface area (Å²) in [4.78, 5) is 0. The number of hydrogen-bond donors (Lipinski definition) is 1. The maximum absolute atomic E-state index is 5.44. The first-order valence-corrected chi connectivity index (χ1v) is 7.02. The van der Waals surface area contributed by atoms with Gasteiger partial charge in [-0.2, -0.15) is 0 Å². The van der Waals surface area contributed by atoms with Crippen LogP contribution in [-0.2, 0) is 0 Å². The summed E-state index contributed by atoms with van der Waals surface area (Å²) in [6.45, 7) is 6.96. The largest absolute Gasteiger partial charge is 0.496 e. The van der Waals surface area contributed by atoms with Crippen LogP contribution in [0.15, 0.2) is 24.3 Å². The molecule has 0 aliphatic heterocycles. The van der Waals surface area contributed by atoms with Gasteiger partial charge in [-0.05, 0) is 37.7 Å². The van der Waals surface area contributed by atoms with E-state index in [1.165, 1.54) is 18.4 Å². The molecule has 1 aromatic rings. The third kappa shape index (κ3) is 2.69. The van der Waals surface area contributed by atoms with Crippen LogP contribution in [0.25, 0.3) is 0 Å². The Kier molecular flexibility index (Phi) is 4.28. The van der Waals surface area contributed by atoms with Crippen molar-refractivity contribution in [1.82, 2.24) is 5.32 Å². The molecule has 0 bridgehead atoms. The minimum Gasteiger partial charge on any atom is -0.496 e. The van der Waals surface area contributed by atoms with Crippen LogP contribution in [0.4, 0.5) is 0 Å². The molecule has 2 rings (SSSR count). The van der Waals surface area contributed by atoms with Gasteiger partial charge in [-0.15, -0.1) is 0 Å². The predicted molar refractivity (Wildman–Crippen MR) is 75.9 cm³/mol. The van der Waals surface area contributed by atoms with Gasteiger partial charge in [-0.1, -0.05) is 32.0 Å². The van der Waals surface area contributed by atoms with E-state index in [2.05, 4.69) is 38.2 Å². The van der Waals surface area contributed by atoms with E-state index in [1.54, 1.807) is 7.11 Å². The van der Waals surface area contributed by atoms with Crippen LogP contribution in [-0.4, -0.2) is 13.2 Å². The van der Waals surface area contributed by atoms with E-state index in [0.717, 1.165) is 17.6 Å². The fourth-order valence-electron chi connectivity index (χ4n) is 3.03. The van der Waals surface area contributed by atoms with E-state index in [4.69, 9.17) is 4.74 Å². The normalized spacial score (nSPS) is 29.2. The van der Waals surface area contributed by atoms with Crippen molar-refractivity contribution in [3.05, 3.63) is 29.8 Å². The smallest absolute Gasteiger partial charge is 0.123 e. The second kappa shape index (κ2) is 5.75. The molecule has 0 heterocycles. The predicted octanol–water partition coefficient (Wildman–Crippen LogP) is 3.78. The van der Waals surface area contributed by atoms with Crippen molar-refractivity contribution in [2.45, 2.75) is 45.7 Å². The SMILES string of the molecule is COc1ccccc1C(C)NC1CCC(C)C1C. The Morgan fingerprint density at radius 2 is 1.94 bits per heavy atom. The van der Waals surface area contributed by atoms with Crippen LogP contribution >= 0.6 is 0 Å². The minimum absolute atomic E-state index is 0.346. The molecule has 4 atom stereocenters. The molecule has 0 saturated heterocycles. The van der Waals surface area contributed by atoms with Crippen molar-refractivity contribution < 1.29 is 4.74 Å². The van der Waals surface area contributed by atoms with Crippen molar-refractivity contribution in [3.8, 4) is 5.75 Å². The minimum atomic E-state index is 0.346. The maximum Gasteiger partial charge on any atom is 0.123 e. The van der Waals surface area contributed by atoms with Gasteiger partial charge in [-0.25, -0.2) is 0 Å². The Bertz CT molecular complexity index is 390. The number of methoxy groups -OCH3 is 1. The maximum atomic E-state index is 5.44. The highest BCUT2D eigenvalue weighted by molar-refractivity contribution is 5.35. The third-order valence-electron chi connectivity index (χ3n) is 4.53. The summed E-state index contributed by atoms with van der Waals surface area (Å²) < 4.78 is 5.44. The van der Waals surface area contributed by atoms with E-state index in [-0.39, 0.29) is 0 Å². The van der Waals surface area contributed by atoms with E-state index < -0.39 is 0 Å². The van der Waals surface area contributed by atoms with E-state index >= 15 is 0 Å². The van der Waals surface area contributed by atoms with Gasteiger partial charge >= 0.3 is 0 Å². The van der Waals surface area contributed by atoms with E-state index in [0.29, 0.717) is 12.1 Å². The Morgan fingerprint density at radius 3 is 2.56 bits per heavy atom. The highest BCUT2D eigenvalue weighted by Gasteiger charge is 2.30. The standard InChI is InChI=1S/C16H25NO/c1-11-9-10-15(12(11)2)17-13(3)14-7-5-6-8-16(14)18-4/h5-8,11-13,15,17H,9-10H2,1-4H3. The summed E-state index contributed by atoms with van der Waals surface area (Å²) >= 11 is 0. The fourth-order valence-corrected chi connectivity index (χ4v) is 3.03. The van der Waals surface area contributed by atoms with Crippen molar-refractivity contribution in [1.29, 1.82) is 0 Å². The molecule has 1 saturated carbocycles. The molecular formula is C16H25NO. The highest BCUT2D eigenvalue weighted by atomic mass is 16.5. The van der Waals surface area contributed by atoms with Crippen molar-refractivity contribution >= 4 is 0 Å². The molecule has 0 amide bonds. The Hall–Kier alpha value is -1.02. The quantitative estimate of drug-likeness (QED) is 0.874. The molecule has 2 nitrogen and oxygen atoms in total. The van der Waals surface area contributed by atoms with Gasteiger partial charge in [0.15, 0.2) is 0 Å². The third-order valence-corrected chi connectivity index (χ3v) is 4.53. The monoisotopic (exact) mass is 247 g/mol. The first-order chi connectivity index (χ1) is 8.63. The zero-order chi connectivity index (χ0) is 13.1. The fraction of sp³-hybridized carbons (Fsp3) is 0.625. The van der Waals surface area contributed by atoms with E-state index in [1.807, 2.05) is 12.1 Å². The second-order valence-electron chi connectivity index (χ2n) is 5.65. The van der Waals surface area contributed by atoms with Crippen molar-refractivity contribution in [2.24, 2.45) is 11.8 Å². The second-order valence-corrected chi connectivity index (χ2v) is 5.65. The van der Waals surface area contributed by atoms with Gasteiger partial charge in [0.25, 0.3) is 0 Å². The molecule has 18 heavy (non-hydrogen) atoms. The zero-order valence-corrected chi connectivity index (χ0v) is 11.9. The van der Waals surface area contributed by atoms with Gasteiger partial charge in [0.05, 0.1) is 7.11 Å². The summed E-state index contributed by atoms with van der Waals surface area (Å²) in [5, 5.41) is 3.77. The van der Waals surface area contributed by atoms with Crippen LogP contribution in [0, 0.1) is 11.8 Å². The van der Waals surface area contributed by atoms with Gasteiger partial charge in [0.2, 0.25) is 0 Å². The van der Waals surface area contributed by atoms with Crippen molar-refractivity contribution in [2.75, 3.05) is 7.11 Å². The van der Waals surface area contributed by atoms with E-state index in [9.17, 15) is 0 Å². The topological polar surface area (TPSA) is 21.3 Å². The number of hydrogen-bond acceptors (Lipinski definition) is 2. The summed E-state index contributed by atoms with van der Waals surface area (Å²) in [7, 11) is 1.74. The summed E-state index contributed by atoms with van der Waals surface area (Å²) in [6.07, 6.45) is 2.64. The number of para-hydroxylation sites is 1. The molecule has 2 heteroatoms. The molecule has 0 spiro atoms. The molecule has 1 N–H and O–H groups in total. The first kappa shape index (κ1) is 13.4. The van der Waals surface area contributed by atoms with Crippen LogP contribution < -0.4 is 10.1 Å². The van der Waals surface area contributed by atoms with Gasteiger partial charge < -0.3 is 10.1 Å². The lowest BCUT2D eigenvalue weighted by Crippen LogP contribution is -2.34. The molecule has 4 unspecified atom stereocenters.